The zero-order valence-electron chi connectivity index (χ0n) is 11.9. The molecule has 2 rings (SSSR count). The first kappa shape index (κ1) is 13.6. The first-order chi connectivity index (χ1) is 8.79. The average Bonchev–Trinajstić information content (AvgIpc) is 2.98. The van der Waals surface area contributed by atoms with Crippen LogP contribution in [0, 0.1) is 5.92 Å². The van der Waals surface area contributed by atoms with Crippen LogP contribution in [0.3, 0.4) is 0 Å². The standard InChI is InChI=1S/C15H27N3/c1-3-16-14(12-13-6-4-5-7-13)8-9-15-10-11-17-18(15)2/h10-11,13-14,16H,3-9,12H2,1-2H3. The molecule has 0 bridgehead atoms. The van der Waals surface area contributed by atoms with Crippen molar-refractivity contribution in [2.24, 2.45) is 13.0 Å². The molecule has 3 nitrogen and oxygen atoms in total. The van der Waals surface area contributed by atoms with Gasteiger partial charge in [-0.05, 0) is 37.8 Å². The topological polar surface area (TPSA) is 29.9 Å². The lowest BCUT2D eigenvalue weighted by molar-refractivity contribution is 0.374. The minimum absolute atomic E-state index is 0.688. The van der Waals surface area contributed by atoms with Gasteiger partial charge in [-0.2, -0.15) is 5.10 Å². The summed E-state index contributed by atoms with van der Waals surface area (Å²) in [5, 5.41) is 7.90. The van der Waals surface area contributed by atoms with Gasteiger partial charge >= 0.3 is 0 Å². The monoisotopic (exact) mass is 249 g/mol. The molecule has 1 unspecified atom stereocenters. The third kappa shape index (κ3) is 3.84. The van der Waals surface area contributed by atoms with Gasteiger partial charge in [-0.15, -0.1) is 0 Å². The molecule has 1 atom stereocenters. The lowest BCUT2D eigenvalue weighted by atomic mass is 9.95. The molecule has 0 saturated heterocycles. The van der Waals surface area contributed by atoms with Crippen LogP contribution >= 0.6 is 0 Å². The lowest BCUT2D eigenvalue weighted by Gasteiger charge is -2.21. The van der Waals surface area contributed by atoms with Gasteiger partial charge in [0.25, 0.3) is 0 Å². The molecular formula is C15H27N3. The van der Waals surface area contributed by atoms with Gasteiger partial charge in [-0.3, -0.25) is 4.68 Å². The molecule has 0 spiro atoms. The van der Waals surface area contributed by atoms with Crippen molar-refractivity contribution in [2.45, 2.75) is 57.9 Å². The normalized spacial score (nSPS) is 18.3. The SMILES string of the molecule is CCNC(CCc1ccnn1C)CC1CCCC1. The summed E-state index contributed by atoms with van der Waals surface area (Å²) in [7, 11) is 2.04. The third-order valence-electron chi connectivity index (χ3n) is 4.26. The first-order valence-electron chi connectivity index (χ1n) is 7.50. The quantitative estimate of drug-likeness (QED) is 0.805. The Bertz CT molecular complexity index is 339. The summed E-state index contributed by atoms with van der Waals surface area (Å²) in [6.45, 7) is 3.30. The molecule has 1 N–H and O–H groups in total. The maximum Gasteiger partial charge on any atom is 0.0492 e. The van der Waals surface area contributed by atoms with Crippen LogP contribution in [-0.4, -0.2) is 22.4 Å². The summed E-state index contributed by atoms with van der Waals surface area (Å²) in [6.07, 6.45) is 11.4. The van der Waals surface area contributed by atoms with Crippen LogP contribution in [0.15, 0.2) is 12.3 Å². The van der Waals surface area contributed by atoms with Crippen LogP contribution in [0.1, 0.15) is 51.1 Å². The molecule has 18 heavy (non-hydrogen) atoms. The molecule has 3 heteroatoms. The number of nitrogens with zero attached hydrogens (tertiary/aromatic N) is 2. The minimum Gasteiger partial charge on any atom is -0.314 e. The van der Waals surface area contributed by atoms with Crippen LogP contribution < -0.4 is 5.32 Å². The van der Waals surface area contributed by atoms with E-state index in [-0.39, 0.29) is 0 Å². The highest BCUT2D eigenvalue weighted by Crippen LogP contribution is 2.29. The van der Waals surface area contributed by atoms with E-state index in [0.717, 1.165) is 18.9 Å². The summed E-state index contributed by atoms with van der Waals surface area (Å²) < 4.78 is 2.00. The fraction of sp³-hybridized carbons (Fsp3) is 0.800. The fourth-order valence-electron chi connectivity index (χ4n) is 3.21. The van der Waals surface area contributed by atoms with E-state index in [1.807, 2.05) is 17.9 Å². The largest absolute Gasteiger partial charge is 0.314 e. The highest BCUT2D eigenvalue weighted by molar-refractivity contribution is 5.00. The van der Waals surface area contributed by atoms with E-state index in [1.165, 1.54) is 44.2 Å². The summed E-state index contributed by atoms with van der Waals surface area (Å²) in [5.41, 5.74) is 1.35. The van der Waals surface area contributed by atoms with Crippen molar-refractivity contribution >= 4 is 0 Å². The van der Waals surface area contributed by atoms with Crippen molar-refractivity contribution in [2.75, 3.05) is 6.54 Å². The van der Waals surface area contributed by atoms with Crippen molar-refractivity contribution in [1.82, 2.24) is 15.1 Å². The summed E-state index contributed by atoms with van der Waals surface area (Å²) in [6, 6.07) is 2.83. The van der Waals surface area contributed by atoms with E-state index in [0.29, 0.717) is 6.04 Å². The molecule has 0 aromatic carbocycles. The van der Waals surface area contributed by atoms with Crippen molar-refractivity contribution in [3.8, 4) is 0 Å². The van der Waals surface area contributed by atoms with Crippen LogP contribution in [0.4, 0.5) is 0 Å². The Balaban J connectivity index is 1.79. The average molecular weight is 249 g/mol. The maximum atomic E-state index is 4.24. The van der Waals surface area contributed by atoms with Crippen molar-refractivity contribution in [1.29, 1.82) is 0 Å². The van der Waals surface area contributed by atoms with E-state index in [9.17, 15) is 0 Å². The molecule has 1 aromatic heterocycles. The molecular weight excluding hydrogens is 222 g/mol. The van der Waals surface area contributed by atoms with Gasteiger partial charge in [0.05, 0.1) is 0 Å². The molecule has 1 fully saturated rings. The molecule has 0 amide bonds. The summed E-state index contributed by atoms with van der Waals surface area (Å²) in [5.74, 6) is 0.973. The number of nitrogens with one attached hydrogen (secondary N) is 1. The van der Waals surface area contributed by atoms with E-state index < -0.39 is 0 Å². The van der Waals surface area contributed by atoms with Crippen molar-refractivity contribution in [3.63, 3.8) is 0 Å². The fourth-order valence-corrected chi connectivity index (χ4v) is 3.21. The molecule has 1 heterocycles. The predicted molar refractivity (Wildman–Crippen MR) is 75.6 cm³/mol. The second-order valence-corrected chi connectivity index (χ2v) is 5.63. The molecule has 1 aliphatic carbocycles. The van der Waals surface area contributed by atoms with Crippen molar-refractivity contribution in [3.05, 3.63) is 18.0 Å². The molecule has 102 valence electrons. The van der Waals surface area contributed by atoms with Gasteiger partial charge < -0.3 is 5.32 Å². The zero-order valence-corrected chi connectivity index (χ0v) is 11.9. The number of hydrogen-bond acceptors (Lipinski definition) is 2. The number of aryl methyl sites for hydroxylation is 2. The smallest absolute Gasteiger partial charge is 0.0492 e. The molecule has 0 aliphatic heterocycles. The Morgan fingerprint density at radius 1 is 1.44 bits per heavy atom. The molecule has 1 saturated carbocycles. The van der Waals surface area contributed by atoms with Crippen LogP contribution in [-0.2, 0) is 13.5 Å². The van der Waals surface area contributed by atoms with Crippen LogP contribution in [0.25, 0.3) is 0 Å². The van der Waals surface area contributed by atoms with Crippen LogP contribution in [0.5, 0.6) is 0 Å². The third-order valence-corrected chi connectivity index (χ3v) is 4.26. The van der Waals surface area contributed by atoms with Gasteiger partial charge in [-0.1, -0.05) is 32.6 Å². The van der Waals surface area contributed by atoms with Crippen LogP contribution in [0.2, 0.25) is 0 Å². The Morgan fingerprint density at radius 2 is 2.22 bits per heavy atom. The Labute approximate surface area is 111 Å². The maximum absolute atomic E-state index is 4.24. The Hall–Kier alpha value is -0.830. The van der Waals surface area contributed by atoms with E-state index in [4.69, 9.17) is 0 Å². The lowest BCUT2D eigenvalue weighted by Crippen LogP contribution is -2.31. The van der Waals surface area contributed by atoms with Gasteiger partial charge in [-0.25, -0.2) is 0 Å². The van der Waals surface area contributed by atoms with Gasteiger partial charge in [0.2, 0.25) is 0 Å². The first-order valence-corrected chi connectivity index (χ1v) is 7.50. The van der Waals surface area contributed by atoms with E-state index in [1.54, 1.807) is 0 Å². The van der Waals surface area contributed by atoms with Gasteiger partial charge in [0.1, 0.15) is 0 Å². The predicted octanol–water partition coefficient (Wildman–Crippen LogP) is 2.91. The second kappa shape index (κ2) is 6.93. The minimum atomic E-state index is 0.688. The Kier molecular flexibility index (Phi) is 5.24. The Morgan fingerprint density at radius 3 is 2.83 bits per heavy atom. The second-order valence-electron chi connectivity index (χ2n) is 5.63. The zero-order chi connectivity index (χ0) is 12.8. The molecule has 0 radical (unpaired) electrons. The van der Waals surface area contributed by atoms with Crippen molar-refractivity contribution < 1.29 is 0 Å². The molecule has 1 aromatic rings. The number of aromatic nitrogens is 2. The number of rotatable bonds is 7. The highest BCUT2D eigenvalue weighted by atomic mass is 15.2. The highest BCUT2D eigenvalue weighted by Gasteiger charge is 2.19. The molecule has 1 aliphatic rings. The van der Waals surface area contributed by atoms with E-state index >= 15 is 0 Å². The van der Waals surface area contributed by atoms with Gasteiger partial charge in [0.15, 0.2) is 0 Å². The van der Waals surface area contributed by atoms with Gasteiger partial charge in [0, 0.05) is 25.0 Å². The summed E-state index contributed by atoms with van der Waals surface area (Å²) >= 11 is 0. The van der Waals surface area contributed by atoms with E-state index in [2.05, 4.69) is 23.4 Å². The summed E-state index contributed by atoms with van der Waals surface area (Å²) in [4.78, 5) is 0. The number of hydrogen-bond donors (Lipinski definition) is 1.